The standard InChI is InChI=1S/C22H19N3O2S/c1-23(2)16-10-12-17(13-11-16)24-14-6-9-19(24)15-20-21(26)25(22(27)28-20)18-7-4-3-5-8-18/h3-15H,1-2H3/b20-15+. The van der Waals surface area contributed by atoms with Crippen LogP contribution in [0.15, 0.2) is 77.8 Å². The SMILES string of the molecule is CN(C)c1ccc(-n2cccc2/C=C2/SC(=O)N(c3ccccc3)C2=O)cc1. The predicted molar refractivity (Wildman–Crippen MR) is 115 cm³/mol. The lowest BCUT2D eigenvalue weighted by Crippen LogP contribution is -2.27. The summed E-state index contributed by atoms with van der Waals surface area (Å²) in [6, 6.07) is 21.0. The predicted octanol–water partition coefficient (Wildman–Crippen LogP) is 4.78. The Bertz CT molecular complexity index is 1050. The van der Waals surface area contributed by atoms with Gasteiger partial charge in [-0.25, -0.2) is 4.90 Å². The van der Waals surface area contributed by atoms with Gasteiger partial charge in [0.2, 0.25) is 0 Å². The van der Waals surface area contributed by atoms with Crippen LogP contribution in [0.4, 0.5) is 16.2 Å². The fourth-order valence-electron chi connectivity index (χ4n) is 3.06. The quantitative estimate of drug-likeness (QED) is 0.602. The molecule has 0 aliphatic carbocycles. The Morgan fingerprint density at radius 2 is 1.57 bits per heavy atom. The molecule has 2 aromatic carbocycles. The molecule has 0 N–H and O–H groups in total. The van der Waals surface area contributed by atoms with E-state index in [-0.39, 0.29) is 11.1 Å². The van der Waals surface area contributed by atoms with Gasteiger partial charge in [-0.1, -0.05) is 18.2 Å². The number of para-hydroxylation sites is 1. The third kappa shape index (κ3) is 3.34. The van der Waals surface area contributed by atoms with Gasteiger partial charge in [-0.05, 0) is 66.4 Å². The largest absolute Gasteiger partial charge is 0.378 e. The van der Waals surface area contributed by atoms with E-state index >= 15 is 0 Å². The molecular weight excluding hydrogens is 370 g/mol. The van der Waals surface area contributed by atoms with E-state index in [1.165, 1.54) is 4.90 Å². The number of hydrogen-bond acceptors (Lipinski definition) is 4. The number of rotatable bonds is 4. The first-order valence-electron chi connectivity index (χ1n) is 8.83. The number of amides is 2. The topological polar surface area (TPSA) is 45.6 Å². The molecule has 1 aliphatic rings. The van der Waals surface area contributed by atoms with Crippen molar-refractivity contribution in [2.24, 2.45) is 0 Å². The summed E-state index contributed by atoms with van der Waals surface area (Å²) in [5.41, 5.74) is 3.53. The van der Waals surface area contributed by atoms with Crippen molar-refractivity contribution in [3.63, 3.8) is 0 Å². The molecule has 3 aromatic rings. The van der Waals surface area contributed by atoms with Crippen molar-refractivity contribution in [3.05, 3.63) is 83.5 Å². The number of carbonyl (C=O) groups excluding carboxylic acids is 2. The van der Waals surface area contributed by atoms with Gasteiger partial charge in [0.05, 0.1) is 10.6 Å². The van der Waals surface area contributed by atoms with Gasteiger partial charge in [0.25, 0.3) is 11.1 Å². The molecule has 0 unspecified atom stereocenters. The maximum atomic E-state index is 12.8. The maximum absolute atomic E-state index is 12.8. The normalized spacial score (nSPS) is 15.5. The van der Waals surface area contributed by atoms with Crippen molar-refractivity contribution in [1.29, 1.82) is 0 Å². The fourth-order valence-corrected chi connectivity index (χ4v) is 3.89. The summed E-state index contributed by atoms with van der Waals surface area (Å²) < 4.78 is 2.00. The molecule has 140 valence electrons. The van der Waals surface area contributed by atoms with Crippen LogP contribution in [0, 0.1) is 0 Å². The number of carbonyl (C=O) groups is 2. The molecule has 0 bridgehead atoms. The van der Waals surface area contributed by atoms with Crippen LogP contribution in [-0.4, -0.2) is 29.8 Å². The van der Waals surface area contributed by atoms with Crippen LogP contribution in [0.5, 0.6) is 0 Å². The van der Waals surface area contributed by atoms with Gasteiger partial charge in [0, 0.05) is 37.4 Å². The first-order chi connectivity index (χ1) is 13.5. The Kier molecular flexibility index (Phi) is 4.79. The number of thioether (sulfide) groups is 1. The molecule has 0 saturated carbocycles. The highest BCUT2D eigenvalue weighted by Crippen LogP contribution is 2.35. The minimum absolute atomic E-state index is 0.282. The minimum Gasteiger partial charge on any atom is -0.378 e. The second kappa shape index (κ2) is 7.40. The van der Waals surface area contributed by atoms with Crippen LogP contribution in [-0.2, 0) is 4.79 Å². The molecule has 5 nitrogen and oxygen atoms in total. The first-order valence-corrected chi connectivity index (χ1v) is 9.64. The zero-order valence-electron chi connectivity index (χ0n) is 15.6. The van der Waals surface area contributed by atoms with Crippen molar-refractivity contribution in [1.82, 2.24) is 4.57 Å². The van der Waals surface area contributed by atoms with Gasteiger partial charge < -0.3 is 9.47 Å². The van der Waals surface area contributed by atoms with Crippen LogP contribution in [0.3, 0.4) is 0 Å². The molecule has 1 fully saturated rings. The summed E-state index contributed by atoms with van der Waals surface area (Å²) in [6.07, 6.45) is 3.71. The van der Waals surface area contributed by atoms with Crippen LogP contribution < -0.4 is 9.80 Å². The fraction of sp³-hybridized carbons (Fsp3) is 0.0909. The van der Waals surface area contributed by atoms with E-state index < -0.39 is 0 Å². The number of aromatic nitrogens is 1. The summed E-state index contributed by atoms with van der Waals surface area (Å²) >= 11 is 0.964. The molecular formula is C22H19N3O2S. The summed E-state index contributed by atoms with van der Waals surface area (Å²) in [7, 11) is 4.00. The van der Waals surface area contributed by atoms with E-state index in [4.69, 9.17) is 0 Å². The van der Waals surface area contributed by atoms with E-state index in [1.54, 1.807) is 18.2 Å². The smallest absolute Gasteiger partial charge is 0.298 e. The van der Waals surface area contributed by atoms with Crippen LogP contribution >= 0.6 is 11.8 Å². The molecule has 28 heavy (non-hydrogen) atoms. The Morgan fingerprint density at radius 3 is 2.25 bits per heavy atom. The number of benzene rings is 2. The Hall–Kier alpha value is -3.25. The van der Waals surface area contributed by atoms with Gasteiger partial charge in [-0.3, -0.25) is 9.59 Å². The van der Waals surface area contributed by atoms with E-state index in [0.29, 0.717) is 10.6 Å². The Balaban J connectivity index is 1.65. The van der Waals surface area contributed by atoms with E-state index in [9.17, 15) is 9.59 Å². The molecule has 4 rings (SSSR count). The molecule has 0 radical (unpaired) electrons. The van der Waals surface area contributed by atoms with Gasteiger partial charge >= 0.3 is 0 Å². The molecule has 6 heteroatoms. The first kappa shape index (κ1) is 18.1. The second-order valence-corrected chi connectivity index (χ2v) is 7.56. The van der Waals surface area contributed by atoms with Crippen LogP contribution in [0.25, 0.3) is 11.8 Å². The third-order valence-electron chi connectivity index (χ3n) is 4.51. The molecule has 2 heterocycles. The molecule has 1 aromatic heterocycles. The highest BCUT2D eigenvalue weighted by molar-refractivity contribution is 8.19. The summed E-state index contributed by atoms with van der Waals surface area (Å²) in [4.78, 5) is 28.9. The highest BCUT2D eigenvalue weighted by atomic mass is 32.2. The van der Waals surface area contributed by atoms with Crippen LogP contribution in [0.1, 0.15) is 5.69 Å². The number of hydrogen-bond donors (Lipinski definition) is 0. The monoisotopic (exact) mass is 389 g/mol. The third-order valence-corrected chi connectivity index (χ3v) is 5.38. The summed E-state index contributed by atoms with van der Waals surface area (Å²) in [5.74, 6) is -0.295. The zero-order chi connectivity index (χ0) is 19.7. The average molecular weight is 389 g/mol. The zero-order valence-corrected chi connectivity index (χ0v) is 16.4. The van der Waals surface area contributed by atoms with Gasteiger partial charge in [-0.15, -0.1) is 0 Å². The molecule has 1 aliphatic heterocycles. The van der Waals surface area contributed by atoms with E-state index in [0.717, 1.165) is 28.8 Å². The van der Waals surface area contributed by atoms with Crippen molar-refractivity contribution in [2.75, 3.05) is 23.9 Å². The van der Waals surface area contributed by atoms with E-state index in [2.05, 4.69) is 0 Å². The van der Waals surface area contributed by atoms with Crippen molar-refractivity contribution in [3.8, 4) is 5.69 Å². The lowest BCUT2D eigenvalue weighted by Gasteiger charge is -2.14. The molecule has 1 saturated heterocycles. The number of imide groups is 1. The Labute approximate surface area is 167 Å². The van der Waals surface area contributed by atoms with E-state index in [1.807, 2.05) is 84.4 Å². The summed E-state index contributed by atoms with van der Waals surface area (Å²) in [6.45, 7) is 0. The molecule has 2 amide bonds. The van der Waals surface area contributed by atoms with Gasteiger partial charge in [0.1, 0.15) is 0 Å². The minimum atomic E-state index is -0.295. The highest BCUT2D eigenvalue weighted by Gasteiger charge is 2.36. The number of nitrogens with zero attached hydrogens (tertiary/aromatic N) is 3. The van der Waals surface area contributed by atoms with Gasteiger partial charge in [0.15, 0.2) is 0 Å². The lowest BCUT2D eigenvalue weighted by atomic mass is 10.2. The van der Waals surface area contributed by atoms with Crippen molar-refractivity contribution in [2.45, 2.75) is 0 Å². The average Bonchev–Trinajstić information content (AvgIpc) is 3.27. The van der Waals surface area contributed by atoms with Crippen LogP contribution in [0.2, 0.25) is 0 Å². The van der Waals surface area contributed by atoms with Crippen molar-refractivity contribution < 1.29 is 9.59 Å². The maximum Gasteiger partial charge on any atom is 0.298 e. The Morgan fingerprint density at radius 1 is 0.857 bits per heavy atom. The molecule has 0 atom stereocenters. The molecule has 0 spiro atoms. The second-order valence-electron chi connectivity index (χ2n) is 6.57. The van der Waals surface area contributed by atoms with Crippen molar-refractivity contribution >= 4 is 40.4 Å². The lowest BCUT2D eigenvalue weighted by molar-refractivity contribution is -0.113. The summed E-state index contributed by atoms with van der Waals surface area (Å²) in [5, 5.41) is -0.282. The van der Waals surface area contributed by atoms with Gasteiger partial charge in [-0.2, -0.15) is 0 Å². The number of anilines is 2.